The topological polar surface area (TPSA) is 80.9 Å². The zero-order valence-electron chi connectivity index (χ0n) is 10.2. The summed E-state index contributed by atoms with van der Waals surface area (Å²) in [5.74, 6) is 5.68. The monoisotopic (exact) mass is 255 g/mol. The maximum Gasteiger partial charge on any atom is 0.265 e. The Morgan fingerprint density at radius 1 is 1.11 bits per heavy atom. The molecule has 5 heteroatoms. The average molecular weight is 255 g/mol. The van der Waals surface area contributed by atoms with Crippen LogP contribution in [-0.4, -0.2) is 16.3 Å². The van der Waals surface area contributed by atoms with E-state index >= 15 is 0 Å². The van der Waals surface area contributed by atoms with Crippen LogP contribution < -0.4 is 16.9 Å². The summed E-state index contributed by atoms with van der Waals surface area (Å²) in [5, 5.41) is 2.48. The Hall–Kier alpha value is -2.58. The maximum absolute atomic E-state index is 11.5. The molecular formula is C14H13N3O2. The number of benzene rings is 1. The van der Waals surface area contributed by atoms with Crippen LogP contribution in [0.4, 0.5) is 0 Å². The molecule has 0 aliphatic heterocycles. The first-order valence-electron chi connectivity index (χ1n) is 5.77. The first kappa shape index (κ1) is 12.9. The lowest BCUT2D eigenvalue weighted by atomic mass is 10.1. The summed E-state index contributed by atoms with van der Waals surface area (Å²) in [4.78, 5) is 22.7. The molecule has 2 rings (SSSR count). The zero-order chi connectivity index (χ0) is 13.7. The molecule has 0 unspecified atom stereocenters. The molecule has 0 bridgehead atoms. The van der Waals surface area contributed by atoms with Crippen molar-refractivity contribution in [3.05, 3.63) is 68.2 Å². The van der Waals surface area contributed by atoms with Gasteiger partial charge in [-0.05, 0) is 17.7 Å². The molecule has 1 aromatic heterocycles. The van der Waals surface area contributed by atoms with E-state index in [0.29, 0.717) is 13.1 Å². The van der Waals surface area contributed by atoms with Gasteiger partial charge < -0.3 is 5.73 Å². The number of H-pyrrole nitrogens is 1. The SMILES string of the molecule is NCC#Cc1ccc(Cn2[nH]c(=O)ccc2=O)cc1. The molecule has 0 atom stereocenters. The Labute approximate surface area is 109 Å². The average Bonchev–Trinajstić information content (AvgIpc) is 2.42. The van der Waals surface area contributed by atoms with Gasteiger partial charge in [-0.3, -0.25) is 14.7 Å². The highest BCUT2D eigenvalue weighted by Gasteiger charge is 1.98. The summed E-state index contributed by atoms with van der Waals surface area (Å²) in [6.07, 6.45) is 0. The second kappa shape index (κ2) is 5.85. The van der Waals surface area contributed by atoms with E-state index in [2.05, 4.69) is 16.9 Å². The van der Waals surface area contributed by atoms with Crippen molar-refractivity contribution in [2.45, 2.75) is 6.54 Å². The molecular weight excluding hydrogens is 242 g/mol. The van der Waals surface area contributed by atoms with Gasteiger partial charge in [0.15, 0.2) is 0 Å². The quantitative estimate of drug-likeness (QED) is 0.735. The van der Waals surface area contributed by atoms with Crippen molar-refractivity contribution < 1.29 is 0 Å². The van der Waals surface area contributed by atoms with Gasteiger partial charge >= 0.3 is 0 Å². The lowest BCUT2D eigenvalue weighted by Crippen LogP contribution is -2.28. The predicted octanol–water partition coefficient (Wildman–Crippen LogP) is -0.105. The molecule has 1 heterocycles. The summed E-state index contributed by atoms with van der Waals surface area (Å²) in [6.45, 7) is 0.641. The molecule has 0 amide bonds. The van der Waals surface area contributed by atoms with E-state index < -0.39 is 0 Å². The molecule has 1 aromatic carbocycles. The van der Waals surface area contributed by atoms with Crippen LogP contribution in [0.1, 0.15) is 11.1 Å². The lowest BCUT2D eigenvalue weighted by Gasteiger charge is -2.04. The van der Waals surface area contributed by atoms with Crippen LogP contribution in [0.25, 0.3) is 0 Å². The minimum Gasteiger partial charge on any atom is -0.320 e. The Morgan fingerprint density at radius 2 is 1.84 bits per heavy atom. The van der Waals surface area contributed by atoms with Crippen LogP contribution in [0.5, 0.6) is 0 Å². The third-order valence-electron chi connectivity index (χ3n) is 2.52. The molecule has 96 valence electrons. The summed E-state index contributed by atoms with van der Waals surface area (Å²) in [6, 6.07) is 9.88. The van der Waals surface area contributed by atoms with Gasteiger partial charge in [0.05, 0.1) is 13.1 Å². The standard InChI is InChI=1S/C14H13N3O2/c15-9-1-2-11-3-5-12(6-4-11)10-17-14(19)8-7-13(18)16-17/h3-8H,9-10,15H2,(H,16,18). The molecule has 19 heavy (non-hydrogen) atoms. The molecule has 3 N–H and O–H groups in total. The minimum absolute atomic E-state index is 0.244. The fraction of sp³-hybridized carbons (Fsp3) is 0.143. The molecule has 0 saturated carbocycles. The minimum atomic E-state index is -0.301. The highest BCUT2D eigenvalue weighted by atomic mass is 16.1. The van der Waals surface area contributed by atoms with Gasteiger partial charge in [0.2, 0.25) is 0 Å². The van der Waals surface area contributed by atoms with Crippen LogP contribution >= 0.6 is 0 Å². The van der Waals surface area contributed by atoms with Gasteiger partial charge in [-0.25, -0.2) is 4.68 Å². The van der Waals surface area contributed by atoms with Crippen molar-refractivity contribution in [1.29, 1.82) is 0 Å². The number of nitrogens with zero attached hydrogens (tertiary/aromatic N) is 1. The van der Waals surface area contributed by atoms with Crippen LogP contribution in [-0.2, 0) is 6.54 Å². The van der Waals surface area contributed by atoms with Crippen molar-refractivity contribution in [2.24, 2.45) is 5.73 Å². The van der Waals surface area contributed by atoms with Gasteiger partial charge in [0.25, 0.3) is 11.1 Å². The van der Waals surface area contributed by atoms with E-state index in [1.165, 1.54) is 16.8 Å². The molecule has 0 spiro atoms. The number of hydrogen-bond acceptors (Lipinski definition) is 3. The second-order valence-corrected chi connectivity index (χ2v) is 3.94. The summed E-state index contributed by atoms with van der Waals surface area (Å²) >= 11 is 0. The van der Waals surface area contributed by atoms with Gasteiger partial charge in [-0.1, -0.05) is 24.0 Å². The zero-order valence-corrected chi connectivity index (χ0v) is 10.2. The second-order valence-electron chi connectivity index (χ2n) is 3.94. The van der Waals surface area contributed by atoms with Gasteiger partial charge in [-0.15, -0.1) is 0 Å². The van der Waals surface area contributed by atoms with E-state index in [-0.39, 0.29) is 11.1 Å². The van der Waals surface area contributed by atoms with Gasteiger partial charge in [0, 0.05) is 17.7 Å². The van der Waals surface area contributed by atoms with Crippen LogP contribution in [0.3, 0.4) is 0 Å². The first-order valence-corrected chi connectivity index (χ1v) is 5.77. The van der Waals surface area contributed by atoms with Crippen molar-refractivity contribution in [2.75, 3.05) is 6.54 Å². The smallest absolute Gasteiger partial charge is 0.265 e. The third-order valence-corrected chi connectivity index (χ3v) is 2.52. The molecule has 0 fully saturated rings. The molecule has 0 saturated heterocycles. The Bertz CT molecular complexity index is 730. The van der Waals surface area contributed by atoms with Crippen LogP contribution in [0.15, 0.2) is 46.0 Å². The highest BCUT2D eigenvalue weighted by Crippen LogP contribution is 2.03. The van der Waals surface area contributed by atoms with Crippen molar-refractivity contribution >= 4 is 0 Å². The van der Waals surface area contributed by atoms with E-state index in [4.69, 9.17) is 5.73 Å². The van der Waals surface area contributed by atoms with E-state index in [9.17, 15) is 9.59 Å². The molecule has 0 aliphatic carbocycles. The maximum atomic E-state index is 11.5. The van der Waals surface area contributed by atoms with Crippen LogP contribution in [0.2, 0.25) is 0 Å². The van der Waals surface area contributed by atoms with Gasteiger partial charge in [0.1, 0.15) is 0 Å². The molecule has 0 radical (unpaired) electrons. The van der Waals surface area contributed by atoms with E-state index in [0.717, 1.165) is 11.1 Å². The third kappa shape index (κ3) is 3.44. The summed E-state index contributed by atoms with van der Waals surface area (Å²) in [7, 11) is 0. The molecule has 5 nitrogen and oxygen atoms in total. The molecule has 2 aromatic rings. The fourth-order valence-corrected chi connectivity index (χ4v) is 1.61. The number of hydrogen-bond donors (Lipinski definition) is 2. The van der Waals surface area contributed by atoms with E-state index in [1.807, 2.05) is 24.3 Å². The largest absolute Gasteiger partial charge is 0.320 e. The molecule has 0 aliphatic rings. The highest BCUT2D eigenvalue weighted by molar-refractivity contribution is 5.36. The summed E-state index contributed by atoms with van der Waals surface area (Å²) in [5.41, 5.74) is 6.52. The normalized spacial score (nSPS) is 9.74. The Morgan fingerprint density at radius 3 is 2.53 bits per heavy atom. The number of nitrogens with two attached hydrogens (primary N) is 1. The fourth-order valence-electron chi connectivity index (χ4n) is 1.61. The van der Waals surface area contributed by atoms with E-state index in [1.54, 1.807) is 0 Å². The van der Waals surface area contributed by atoms with Crippen molar-refractivity contribution in [3.8, 4) is 11.8 Å². The van der Waals surface area contributed by atoms with Crippen molar-refractivity contribution in [3.63, 3.8) is 0 Å². The summed E-state index contributed by atoms with van der Waals surface area (Å²) < 4.78 is 1.27. The number of nitrogens with one attached hydrogen (secondary N) is 1. The van der Waals surface area contributed by atoms with Gasteiger partial charge in [-0.2, -0.15) is 0 Å². The number of rotatable bonds is 2. The number of aromatic nitrogens is 2. The predicted molar refractivity (Wildman–Crippen MR) is 72.8 cm³/mol. The first-order chi connectivity index (χ1) is 9.19. The Balaban J connectivity index is 2.22. The van der Waals surface area contributed by atoms with Crippen LogP contribution in [0, 0.1) is 11.8 Å². The van der Waals surface area contributed by atoms with Crippen molar-refractivity contribution in [1.82, 2.24) is 9.78 Å². The number of aromatic amines is 1. The lowest BCUT2D eigenvalue weighted by molar-refractivity contribution is 0.627. The Kier molecular flexibility index (Phi) is 3.96.